The molecule has 1 amide bonds. The highest BCUT2D eigenvalue weighted by Gasteiger charge is 2.33. The summed E-state index contributed by atoms with van der Waals surface area (Å²) in [5.74, 6) is 0.497. The number of hydrogen-bond donors (Lipinski definition) is 0. The smallest absolute Gasteiger partial charge is 0.230 e. The highest BCUT2D eigenvalue weighted by Crippen LogP contribution is 2.28. The molecule has 0 fully saturated rings. The van der Waals surface area contributed by atoms with Crippen LogP contribution in [-0.2, 0) is 17.9 Å². The molecule has 2 rings (SSSR count). The van der Waals surface area contributed by atoms with Gasteiger partial charge in [0, 0.05) is 19.0 Å². The number of alkyl halides is 1. The fraction of sp³-hybridized carbons (Fsp3) is 0.462. The molecule has 0 aromatic heterocycles. The lowest BCUT2D eigenvalue weighted by atomic mass is 9.94. The Labute approximate surface area is 101 Å². The molecule has 16 heavy (non-hydrogen) atoms. The van der Waals surface area contributed by atoms with Crippen LogP contribution >= 0.6 is 11.6 Å². The first-order valence-corrected chi connectivity index (χ1v) is 6.00. The molecule has 0 N–H and O–H groups in total. The lowest BCUT2D eigenvalue weighted by Gasteiger charge is -2.27. The first-order valence-electron chi connectivity index (χ1n) is 5.47. The minimum Gasteiger partial charge on any atom is -0.334 e. The highest BCUT2D eigenvalue weighted by atomic mass is 35.5. The fourth-order valence-electron chi connectivity index (χ4n) is 1.96. The molecule has 2 nitrogen and oxygen atoms in total. The lowest BCUT2D eigenvalue weighted by molar-refractivity contribution is -0.139. The Morgan fingerprint density at radius 2 is 1.81 bits per heavy atom. The molecule has 1 aliphatic rings. The minimum atomic E-state index is -0.469. The van der Waals surface area contributed by atoms with Gasteiger partial charge in [0.2, 0.25) is 5.91 Å². The summed E-state index contributed by atoms with van der Waals surface area (Å²) in [6.07, 6.45) is 0. The van der Waals surface area contributed by atoms with E-state index in [9.17, 15) is 4.79 Å². The first-order chi connectivity index (χ1) is 7.54. The number of hydrogen-bond acceptors (Lipinski definition) is 1. The van der Waals surface area contributed by atoms with Crippen molar-refractivity contribution in [2.45, 2.75) is 26.9 Å². The van der Waals surface area contributed by atoms with Gasteiger partial charge in [-0.05, 0) is 25.0 Å². The van der Waals surface area contributed by atoms with Gasteiger partial charge in [-0.1, -0.05) is 24.3 Å². The van der Waals surface area contributed by atoms with Gasteiger partial charge in [0.05, 0.1) is 5.41 Å². The van der Waals surface area contributed by atoms with E-state index in [1.54, 1.807) is 0 Å². The summed E-state index contributed by atoms with van der Waals surface area (Å²) in [6, 6.07) is 8.19. The number of carbonyl (C=O) groups excluding carboxylic acids is 1. The normalized spacial score (nSPS) is 15.1. The van der Waals surface area contributed by atoms with E-state index in [0.717, 1.165) is 13.1 Å². The molecule has 1 heterocycles. The number of rotatable bonds is 2. The molecule has 0 atom stereocenters. The van der Waals surface area contributed by atoms with E-state index >= 15 is 0 Å². The van der Waals surface area contributed by atoms with Crippen LogP contribution < -0.4 is 0 Å². The van der Waals surface area contributed by atoms with Gasteiger partial charge in [-0.2, -0.15) is 0 Å². The van der Waals surface area contributed by atoms with Crippen molar-refractivity contribution in [3.05, 3.63) is 35.4 Å². The largest absolute Gasteiger partial charge is 0.334 e. The fourth-order valence-corrected chi connectivity index (χ4v) is 2.08. The van der Waals surface area contributed by atoms with Crippen LogP contribution in [0, 0.1) is 5.41 Å². The maximum atomic E-state index is 12.2. The van der Waals surface area contributed by atoms with Crippen molar-refractivity contribution < 1.29 is 4.79 Å². The molecular formula is C13H16ClNO. The average molecular weight is 238 g/mol. The molecule has 0 aliphatic carbocycles. The second kappa shape index (κ2) is 4.10. The molecular weight excluding hydrogens is 222 g/mol. The summed E-state index contributed by atoms with van der Waals surface area (Å²) < 4.78 is 0. The van der Waals surface area contributed by atoms with E-state index in [1.165, 1.54) is 11.1 Å². The van der Waals surface area contributed by atoms with E-state index in [2.05, 4.69) is 12.1 Å². The number of carbonyl (C=O) groups is 1. The Balaban J connectivity index is 2.15. The van der Waals surface area contributed by atoms with Crippen LogP contribution in [0.1, 0.15) is 25.0 Å². The number of fused-ring (bicyclic) bond motifs is 1. The molecule has 3 heteroatoms. The predicted molar refractivity (Wildman–Crippen MR) is 65.2 cm³/mol. The number of benzene rings is 1. The van der Waals surface area contributed by atoms with E-state index in [0.29, 0.717) is 5.88 Å². The molecule has 1 aromatic rings. The van der Waals surface area contributed by atoms with Crippen molar-refractivity contribution in [1.82, 2.24) is 4.90 Å². The molecule has 0 saturated heterocycles. The van der Waals surface area contributed by atoms with Gasteiger partial charge in [-0.25, -0.2) is 0 Å². The Morgan fingerprint density at radius 3 is 2.25 bits per heavy atom. The highest BCUT2D eigenvalue weighted by molar-refractivity contribution is 6.19. The van der Waals surface area contributed by atoms with Crippen LogP contribution in [-0.4, -0.2) is 16.7 Å². The minimum absolute atomic E-state index is 0.138. The van der Waals surface area contributed by atoms with Crippen molar-refractivity contribution in [2.24, 2.45) is 5.41 Å². The molecule has 86 valence electrons. The monoisotopic (exact) mass is 237 g/mol. The third kappa shape index (κ3) is 1.94. The van der Waals surface area contributed by atoms with Gasteiger partial charge >= 0.3 is 0 Å². The number of amides is 1. The number of halogens is 1. The van der Waals surface area contributed by atoms with Crippen molar-refractivity contribution in [3.63, 3.8) is 0 Å². The van der Waals surface area contributed by atoms with Crippen LogP contribution in [0.2, 0.25) is 0 Å². The Bertz CT molecular complexity index is 389. The third-order valence-corrected chi connectivity index (χ3v) is 3.71. The summed E-state index contributed by atoms with van der Waals surface area (Å²) in [5.41, 5.74) is 2.03. The van der Waals surface area contributed by atoms with Gasteiger partial charge in [0.1, 0.15) is 0 Å². The van der Waals surface area contributed by atoms with E-state index in [4.69, 9.17) is 11.6 Å². The SMILES string of the molecule is CC(C)(CCl)C(=O)N1Cc2ccccc2C1. The number of nitrogens with zero attached hydrogens (tertiary/aromatic N) is 1. The summed E-state index contributed by atoms with van der Waals surface area (Å²) in [6.45, 7) is 5.22. The van der Waals surface area contributed by atoms with E-state index in [-0.39, 0.29) is 5.91 Å². The molecule has 0 radical (unpaired) electrons. The van der Waals surface area contributed by atoms with E-state index in [1.807, 2.05) is 30.9 Å². The summed E-state index contributed by atoms with van der Waals surface area (Å²) in [5, 5.41) is 0. The zero-order chi connectivity index (χ0) is 11.8. The molecule has 0 saturated carbocycles. The van der Waals surface area contributed by atoms with Crippen molar-refractivity contribution >= 4 is 17.5 Å². The van der Waals surface area contributed by atoms with Crippen LogP contribution in [0.3, 0.4) is 0 Å². The van der Waals surface area contributed by atoms with Crippen molar-refractivity contribution in [2.75, 3.05) is 5.88 Å². The summed E-state index contributed by atoms with van der Waals surface area (Å²) >= 11 is 5.83. The van der Waals surface area contributed by atoms with Crippen molar-refractivity contribution in [3.8, 4) is 0 Å². The van der Waals surface area contributed by atoms with Crippen LogP contribution in [0.5, 0.6) is 0 Å². The maximum absolute atomic E-state index is 12.2. The molecule has 1 aromatic carbocycles. The van der Waals surface area contributed by atoms with Gasteiger partial charge in [-0.3, -0.25) is 4.79 Å². The lowest BCUT2D eigenvalue weighted by Crippen LogP contribution is -2.38. The first kappa shape index (κ1) is 11.5. The van der Waals surface area contributed by atoms with Crippen LogP contribution in [0.15, 0.2) is 24.3 Å². The molecule has 1 aliphatic heterocycles. The Morgan fingerprint density at radius 1 is 1.31 bits per heavy atom. The van der Waals surface area contributed by atoms with Gasteiger partial charge in [0.15, 0.2) is 0 Å². The quantitative estimate of drug-likeness (QED) is 0.725. The molecule has 0 unspecified atom stereocenters. The van der Waals surface area contributed by atoms with Gasteiger partial charge in [0.25, 0.3) is 0 Å². The Hall–Kier alpha value is -1.02. The topological polar surface area (TPSA) is 20.3 Å². The molecule has 0 bridgehead atoms. The average Bonchev–Trinajstić information content (AvgIpc) is 2.71. The van der Waals surface area contributed by atoms with Crippen LogP contribution in [0.25, 0.3) is 0 Å². The second-order valence-corrected chi connectivity index (χ2v) is 5.21. The maximum Gasteiger partial charge on any atom is 0.230 e. The zero-order valence-electron chi connectivity index (χ0n) is 9.66. The van der Waals surface area contributed by atoms with Crippen LogP contribution in [0.4, 0.5) is 0 Å². The second-order valence-electron chi connectivity index (χ2n) is 4.95. The zero-order valence-corrected chi connectivity index (χ0v) is 10.4. The van der Waals surface area contributed by atoms with E-state index < -0.39 is 5.41 Å². The standard InChI is InChI=1S/C13H16ClNO/c1-13(2,9-14)12(16)15-7-10-5-3-4-6-11(10)8-15/h3-6H,7-9H2,1-2H3. The molecule has 0 spiro atoms. The van der Waals surface area contributed by atoms with Crippen molar-refractivity contribution in [1.29, 1.82) is 0 Å². The van der Waals surface area contributed by atoms with Gasteiger partial charge < -0.3 is 4.90 Å². The van der Waals surface area contributed by atoms with Gasteiger partial charge in [-0.15, -0.1) is 11.6 Å². The summed E-state index contributed by atoms with van der Waals surface area (Å²) in [7, 11) is 0. The third-order valence-electron chi connectivity index (χ3n) is 3.04. The Kier molecular flexibility index (Phi) is 2.94. The summed E-state index contributed by atoms with van der Waals surface area (Å²) in [4.78, 5) is 14.1. The predicted octanol–water partition coefficient (Wildman–Crippen LogP) is 2.79.